The molecule has 8 heteroatoms. The fourth-order valence-corrected chi connectivity index (χ4v) is 1.90. The van der Waals surface area contributed by atoms with Gasteiger partial charge in [0.05, 0.1) is 22.2 Å². The van der Waals surface area contributed by atoms with Crippen LogP contribution < -0.4 is 4.90 Å². The van der Waals surface area contributed by atoms with Gasteiger partial charge in [-0.3, -0.25) is 14.9 Å². The van der Waals surface area contributed by atoms with Crippen LogP contribution in [-0.2, 0) is 9.53 Å². The van der Waals surface area contributed by atoms with Gasteiger partial charge in [-0.1, -0.05) is 6.58 Å². The number of nitro groups is 1. The quantitative estimate of drug-likeness (QED) is 0.260. The number of benzene rings is 1. The SMILES string of the molecule is C=C(CN(C)c1cc(C=O)c([N+](=O)[O-])cc1F)C(=O)OC(C)(C)C. The Kier molecular flexibility index (Phi) is 5.78. The van der Waals surface area contributed by atoms with E-state index in [9.17, 15) is 24.1 Å². The highest BCUT2D eigenvalue weighted by Gasteiger charge is 2.23. The molecule has 0 atom stereocenters. The number of carbonyl (C=O) groups is 2. The van der Waals surface area contributed by atoms with E-state index < -0.39 is 28.0 Å². The Balaban J connectivity index is 3.01. The van der Waals surface area contributed by atoms with Crippen molar-refractivity contribution in [3.8, 4) is 0 Å². The Morgan fingerprint density at radius 1 is 1.46 bits per heavy atom. The van der Waals surface area contributed by atoms with E-state index in [0.29, 0.717) is 6.07 Å². The Hall–Kier alpha value is -2.77. The maximum Gasteiger partial charge on any atom is 0.335 e. The Bertz CT molecular complexity index is 694. The summed E-state index contributed by atoms with van der Waals surface area (Å²) in [4.78, 5) is 34.1. The highest BCUT2D eigenvalue weighted by Crippen LogP contribution is 2.27. The van der Waals surface area contributed by atoms with Crippen molar-refractivity contribution in [1.82, 2.24) is 0 Å². The van der Waals surface area contributed by atoms with Gasteiger partial charge in [0, 0.05) is 19.2 Å². The lowest BCUT2D eigenvalue weighted by Crippen LogP contribution is -2.29. The van der Waals surface area contributed by atoms with Crippen molar-refractivity contribution in [2.75, 3.05) is 18.5 Å². The van der Waals surface area contributed by atoms with Gasteiger partial charge < -0.3 is 9.64 Å². The highest BCUT2D eigenvalue weighted by atomic mass is 19.1. The van der Waals surface area contributed by atoms with Crippen LogP contribution in [0.3, 0.4) is 0 Å². The Labute approximate surface area is 138 Å². The van der Waals surface area contributed by atoms with Gasteiger partial charge in [0.2, 0.25) is 0 Å². The van der Waals surface area contributed by atoms with Crippen LogP contribution in [0, 0.1) is 15.9 Å². The van der Waals surface area contributed by atoms with E-state index in [2.05, 4.69) is 6.58 Å². The minimum absolute atomic E-state index is 0.0626. The molecular formula is C16H19FN2O5. The molecule has 7 nitrogen and oxygen atoms in total. The Morgan fingerprint density at radius 2 is 2.04 bits per heavy atom. The maximum absolute atomic E-state index is 14.1. The molecule has 0 spiro atoms. The zero-order valence-electron chi connectivity index (χ0n) is 14.0. The number of carbonyl (C=O) groups excluding carboxylic acids is 2. The number of nitrogens with zero attached hydrogens (tertiary/aromatic N) is 2. The van der Waals surface area contributed by atoms with Gasteiger partial charge in [-0.15, -0.1) is 0 Å². The summed E-state index contributed by atoms with van der Waals surface area (Å²) in [5, 5.41) is 10.8. The number of hydrogen-bond donors (Lipinski definition) is 0. The van der Waals surface area contributed by atoms with Gasteiger partial charge in [-0.05, 0) is 26.8 Å². The van der Waals surface area contributed by atoms with E-state index in [1.807, 2.05) is 0 Å². The van der Waals surface area contributed by atoms with Crippen LogP contribution in [0.15, 0.2) is 24.3 Å². The number of rotatable bonds is 6. The summed E-state index contributed by atoms with van der Waals surface area (Å²) in [5.74, 6) is -1.51. The standard InChI is InChI=1S/C16H19FN2O5/c1-10(15(21)24-16(2,3)4)8-18(5)14-6-11(9-20)13(19(22)23)7-12(14)17/h6-7,9H,1,8H2,2-5H3. The molecule has 0 saturated carbocycles. The van der Waals surface area contributed by atoms with Crippen molar-refractivity contribution in [2.24, 2.45) is 0 Å². The number of hydrogen-bond acceptors (Lipinski definition) is 6. The minimum atomic E-state index is -0.883. The molecule has 0 amide bonds. The van der Waals surface area contributed by atoms with Crippen LogP contribution in [-0.4, -0.2) is 36.4 Å². The third-order valence-electron chi connectivity index (χ3n) is 2.95. The zero-order valence-corrected chi connectivity index (χ0v) is 14.0. The number of esters is 1. The maximum atomic E-state index is 14.1. The largest absolute Gasteiger partial charge is 0.457 e. The first kappa shape index (κ1) is 19.3. The molecule has 0 fully saturated rings. The fraction of sp³-hybridized carbons (Fsp3) is 0.375. The molecule has 0 aliphatic carbocycles. The molecule has 0 aliphatic rings. The van der Waals surface area contributed by atoms with Crippen LogP contribution >= 0.6 is 0 Å². The average Bonchev–Trinajstić information content (AvgIpc) is 2.44. The predicted octanol–water partition coefficient (Wildman–Crippen LogP) is 2.88. The van der Waals surface area contributed by atoms with Crippen molar-refractivity contribution < 1.29 is 23.6 Å². The van der Waals surface area contributed by atoms with Crippen LogP contribution in [0.1, 0.15) is 31.1 Å². The second-order valence-electron chi connectivity index (χ2n) is 6.20. The van der Waals surface area contributed by atoms with E-state index in [1.165, 1.54) is 11.9 Å². The van der Waals surface area contributed by atoms with E-state index in [-0.39, 0.29) is 29.7 Å². The molecule has 24 heavy (non-hydrogen) atoms. The fourth-order valence-electron chi connectivity index (χ4n) is 1.90. The summed E-state index contributed by atoms with van der Waals surface area (Å²) in [6.07, 6.45) is 0.275. The second-order valence-corrected chi connectivity index (χ2v) is 6.20. The normalized spacial score (nSPS) is 10.9. The molecule has 0 radical (unpaired) electrons. The van der Waals surface area contributed by atoms with Gasteiger partial charge in [0.1, 0.15) is 5.60 Å². The zero-order chi connectivity index (χ0) is 18.7. The molecule has 0 N–H and O–H groups in total. The van der Waals surface area contributed by atoms with E-state index in [0.717, 1.165) is 6.07 Å². The van der Waals surface area contributed by atoms with Crippen molar-refractivity contribution in [2.45, 2.75) is 26.4 Å². The van der Waals surface area contributed by atoms with E-state index in [1.54, 1.807) is 20.8 Å². The topological polar surface area (TPSA) is 89.8 Å². The molecule has 1 rings (SSSR count). The van der Waals surface area contributed by atoms with Gasteiger partial charge in [0.25, 0.3) is 5.69 Å². The third-order valence-corrected chi connectivity index (χ3v) is 2.95. The molecule has 0 aliphatic heterocycles. The lowest BCUT2D eigenvalue weighted by molar-refractivity contribution is -0.385. The van der Waals surface area contributed by atoms with Gasteiger partial charge in [-0.25, -0.2) is 9.18 Å². The van der Waals surface area contributed by atoms with Gasteiger partial charge >= 0.3 is 5.97 Å². The minimum Gasteiger partial charge on any atom is -0.457 e. The lowest BCUT2D eigenvalue weighted by atomic mass is 10.1. The number of ether oxygens (including phenoxy) is 1. The number of likely N-dealkylation sites (N-methyl/N-ethyl adjacent to an activating group) is 1. The number of aldehydes is 1. The monoisotopic (exact) mass is 338 g/mol. The molecule has 1 aromatic rings. The highest BCUT2D eigenvalue weighted by molar-refractivity contribution is 5.89. The summed E-state index contributed by atoms with van der Waals surface area (Å²) >= 11 is 0. The first-order valence-corrected chi connectivity index (χ1v) is 7.01. The van der Waals surface area contributed by atoms with Crippen LogP contribution in [0.2, 0.25) is 0 Å². The second kappa shape index (κ2) is 7.20. The summed E-state index contributed by atoms with van der Waals surface area (Å²) < 4.78 is 19.2. The van der Waals surface area contributed by atoms with Crippen molar-refractivity contribution in [3.05, 3.63) is 45.8 Å². The molecule has 1 aromatic carbocycles. The van der Waals surface area contributed by atoms with E-state index in [4.69, 9.17) is 4.74 Å². The summed E-state index contributed by atoms with van der Waals surface area (Å²) in [7, 11) is 1.47. The summed E-state index contributed by atoms with van der Waals surface area (Å²) in [6, 6.07) is 1.73. The molecule has 0 unspecified atom stereocenters. The van der Waals surface area contributed by atoms with Gasteiger partial charge in [-0.2, -0.15) is 0 Å². The first-order chi connectivity index (χ1) is 11.0. The average molecular weight is 338 g/mol. The molecule has 0 aromatic heterocycles. The molecule has 0 saturated heterocycles. The molecule has 0 heterocycles. The van der Waals surface area contributed by atoms with Crippen LogP contribution in [0.5, 0.6) is 0 Å². The molecule has 130 valence electrons. The summed E-state index contributed by atoms with van der Waals surface area (Å²) in [5.41, 5.74) is -1.55. The van der Waals surface area contributed by atoms with Crippen LogP contribution in [0.25, 0.3) is 0 Å². The third kappa shape index (κ3) is 4.87. The van der Waals surface area contributed by atoms with Crippen molar-refractivity contribution in [3.63, 3.8) is 0 Å². The van der Waals surface area contributed by atoms with Crippen molar-refractivity contribution in [1.29, 1.82) is 0 Å². The van der Waals surface area contributed by atoms with E-state index >= 15 is 0 Å². The van der Waals surface area contributed by atoms with Crippen molar-refractivity contribution >= 4 is 23.6 Å². The number of nitro benzene ring substituents is 1. The number of halogens is 1. The molecular weight excluding hydrogens is 319 g/mol. The predicted molar refractivity (Wildman–Crippen MR) is 86.7 cm³/mol. The summed E-state index contributed by atoms with van der Waals surface area (Å²) in [6.45, 7) is 8.65. The van der Waals surface area contributed by atoms with Gasteiger partial charge in [0.15, 0.2) is 12.1 Å². The molecule has 0 bridgehead atoms. The lowest BCUT2D eigenvalue weighted by Gasteiger charge is -2.24. The first-order valence-electron chi connectivity index (χ1n) is 7.01. The smallest absolute Gasteiger partial charge is 0.335 e. The van der Waals surface area contributed by atoms with Crippen LogP contribution in [0.4, 0.5) is 15.8 Å². The number of anilines is 1. The Morgan fingerprint density at radius 3 is 2.50 bits per heavy atom.